The summed E-state index contributed by atoms with van der Waals surface area (Å²) in [6.45, 7) is 6.53. The number of carbonyl (C=O) groups is 1. The highest BCUT2D eigenvalue weighted by Crippen LogP contribution is 2.24. The zero-order chi connectivity index (χ0) is 23.1. The maximum Gasteiger partial charge on any atom is 0.256 e. The molecule has 1 amide bonds. The van der Waals surface area contributed by atoms with Crippen molar-refractivity contribution in [1.29, 1.82) is 0 Å². The lowest BCUT2D eigenvalue weighted by Gasteiger charge is -2.34. The van der Waals surface area contributed by atoms with Crippen LogP contribution in [0.2, 0.25) is 0 Å². The van der Waals surface area contributed by atoms with Crippen molar-refractivity contribution in [1.82, 2.24) is 24.9 Å². The number of carbonyl (C=O) groups excluding carboxylic acids is 1. The van der Waals surface area contributed by atoms with Gasteiger partial charge in [-0.2, -0.15) is 15.0 Å². The quantitative estimate of drug-likeness (QED) is 0.466. The van der Waals surface area contributed by atoms with Crippen LogP contribution in [0, 0.1) is 18.7 Å². The minimum atomic E-state index is -0.403. The summed E-state index contributed by atoms with van der Waals surface area (Å²) in [4.78, 5) is 20.8. The smallest absolute Gasteiger partial charge is 0.256 e. The first kappa shape index (κ1) is 23.4. The Morgan fingerprint density at radius 2 is 1.94 bits per heavy atom. The average molecular weight is 440 g/mol. The van der Waals surface area contributed by atoms with Gasteiger partial charge in [-0.3, -0.25) is 4.79 Å². The van der Waals surface area contributed by atoms with E-state index in [-0.39, 0.29) is 17.9 Å². The van der Waals surface area contributed by atoms with Crippen LogP contribution in [-0.4, -0.2) is 50.5 Å². The first-order chi connectivity index (χ1) is 15.4. The zero-order valence-electron chi connectivity index (χ0n) is 19.0. The van der Waals surface area contributed by atoms with Crippen molar-refractivity contribution in [3.8, 4) is 11.6 Å². The monoisotopic (exact) mass is 439 g/mol. The van der Waals surface area contributed by atoms with E-state index in [4.69, 9.17) is 4.74 Å². The predicted molar refractivity (Wildman–Crippen MR) is 120 cm³/mol. The van der Waals surface area contributed by atoms with Crippen molar-refractivity contribution in [2.45, 2.75) is 46.1 Å². The average Bonchev–Trinajstić information content (AvgIpc) is 3.33. The van der Waals surface area contributed by atoms with Crippen molar-refractivity contribution in [3.63, 3.8) is 0 Å². The molecule has 0 radical (unpaired) electrons. The van der Waals surface area contributed by atoms with Gasteiger partial charge < -0.3 is 9.64 Å². The Hall–Kier alpha value is -3.29. The van der Waals surface area contributed by atoms with Crippen LogP contribution in [0.1, 0.15) is 49.0 Å². The molecule has 8 heteroatoms. The fourth-order valence-electron chi connectivity index (χ4n) is 4.00. The van der Waals surface area contributed by atoms with Crippen molar-refractivity contribution in [3.05, 3.63) is 65.9 Å². The maximum absolute atomic E-state index is 13.6. The molecule has 2 aromatic heterocycles. The van der Waals surface area contributed by atoms with Gasteiger partial charge in [-0.1, -0.05) is 31.9 Å². The summed E-state index contributed by atoms with van der Waals surface area (Å²) in [5, 5.41) is 8.40. The first-order valence-corrected chi connectivity index (χ1v) is 10.9. The number of pyridine rings is 1. The fourth-order valence-corrected chi connectivity index (χ4v) is 4.00. The molecule has 3 rings (SSSR count). The fraction of sp³-hybridized carbons (Fsp3) is 0.417. The molecule has 0 aliphatic rings. The van der Waals surface area contributed by atoms with Crippen molar-refractivity contribution >= 4 is 5.91 Å². The molecule has 170 valence electrons. The number of aromatic nitrogens is 4. The SMILES string of the molecule is CCCC(COc1ccc(F)cn1)C(CC)N(C)C(=O)c1cc(C)ccc1-n1nccn1. The summed E-state index contributed by atoms with van der Waals surface area (Å²) in [5.74, 6) is -0.0160. The van der Waals surface area contributed by atoms with Crippen LogP contribution in [0.3, 0.4) is 0 Å². The van der Waals surface area contributed by atoms with Crippen molar-refractivity contribution < 1.29 is 13.9 Å². The summed E-state index contributed by atoms with van der Waals surface area (Å²) in [6.07, 6.45) is 6.93. The Labute approximate surface area is 188 Å². The van der Waals surface area contributed by atoms with Crippen LogP contribution in [0.15, 0.2) is 48.9 Å². The van der Waals surface area contributed by atoms with E-state index in [1.165, 1.54) is 16.9 Å². The van der Waals surface area contributed by atoms with E-state index in [2.05, 4.69) is 29.0 Å². The zero-order valence-corrected chi connectivity index (χ0v) is 19.0. The summed E-state index contributed by atoms with van der Waals surface area (Å²) >= 11 is 0. The predicted octanol–water partition coefficient (Wildman–Crippen LogP) is 4.46. The van der Waals surface area contributed by atoms with Gasteiger partial charge in [0.05, 0.1) is 36.4 Å². The van der Waals surface area contributed by atoms with E-state index in [0.717, 1.165) is 31.0 Å². The molecule has 32 heavy (non-hydrogen) atoms. The Balaban J connectivity index is 1.82. The molecule has 0 aliphatic heterocycles. The molecule has 0 aliphatic carbocycles. The van der Waals surface area contributed by atoms with Gasteiger partial charge >= 0.3 is 0 Å². The van der Waals surface area contributed by atoms with Crippen molar-refractivity contribution in [2.24, 2.45) is 5.92 Å². The van der Waals surface area contributed by atoms with Gasteiger partial charge in [-0.15, -0.1) is 0 Å². The minimum absolute atomic E-state index is 0.0400. The molecule has 2 heterocycles. The molecule has 7 nitrogen and oxygen atoms in total. The second kappa shape index (κ2) is 10.8. The van der Waals surface area contributed by atoms with Crippen LogP contribution in [-0.2, 0) is 0 Å². The van der Waals surface area contributed by atoms with Crippen LogP contribution in [0.5, 0.6) is 5.88 Å². The Kier molecular flexibility index (Phi) is 7.92. The molecule has 0 saturated carbocycles. The largest absolute Gasteiger partial charge is 0.477 e. The number of rotatable bonds is 10. The number of benzene rings is 1. The van der Waals surface area contributed by atoms with Gasteiger partial charge in [-0.05, 0) is 38.0 Å². The van der Waals surface area contributed by atoms with Gasteiger partial charge in [0, 0.05) is 25.1 Å². The summed E-state index contributed by atoms with van der Waals surface area (Å²) in [6, 6.07) is 8.48. The van der Waals surface area contributed by atoms with Gasteiger partial charge in [0.2, 0.25) is 5.88 Å². The van der Waals surface area contributed by atoms with E-state index < -0.39 is 5.82 Å². The van der Waals surface area contributed by atoms with Crippen LogP contribution in [0.25, 0.3) is 5.69 Å². The Morgan fingerprint density at radius 3 is 2.56 bits per heavy atom. The second-order valence-electron chi connectivity index (χ2n) is 7.91. The van der Waals surface area contributed by atoms with E-state index in [1.54, 1.807) is 17.3 Å². The number of halogens is 1. The number of amides is 1. The topological polar surface area (TPSA) is 73.1 Å². The van der Waals surface area contributed by atoms with Crippen molar-refractivity contribution in [2.75, 3.05) is 13.7 Å². The number of hydrogen-bond donors (Lipinski definition) is 0. The third-order valence-corrected chi connectivity index (χ3v) is 5.60. The number of aryl methyl sites for hydroxylation is 1. The normalized spacial score (nSPS) is 12.9. The van der Waals surface area contributed by atoms with Crippen LogP contribution < -0.4 is 4.74 Å². The lowest BCUT2D eigenvalue weighted by molar-refractivity contribution is 0.0603. The van der Waals surface area contributed by atoms with E-state index in [9.17, 15) is 9.18 Å². The highest BCUT2D eigenvalue weighted by Gasteiger charge is 2.29. The molecule has 0 spiro atoms. The summed E-state index contributed by atoms with van der Waals surface area (Å²) in [7, 11) is 1.83. The first-order valence-electron chi connectivity index (χ1n) is 10.9. The third-order valence-electron chi connectivity index (χ3n) is 5.60. The molecule has 0 bridgehead atoms. The van der Waals surface area contributed by atoms with Gasteiger partial charge in [-0.25, -0.2) is 9.37 Å². The van der Waals surface area contributed by atoms with E-state index >= 15 is 0 Å². The second-order valence-corrected chi connectivity index (χ2v) is 7.91. The molecule has 0 saturated heterocycles. The van der Waals surface area contributed by atoms with E-state index in [1.807, 2.05) is 32.2 Å². The van der Waals surface area contributed by atoms with Gasteiger partial charge in [0.15, 0.2) is 0 Å². The van der Waals surface area contributed by atoms with Crippen LogP contribution in [0.4, 0.5) is 4.39 Å². The third kappa shape index (κ3) is 5.49. The molecular weight excluding hydrogens is 409 g/mol. The van der Waals surface area contributed by atoms with E-state index in [0.29, 0.717) is 23.7 Å². The Morgan fingerprint density at radius 1 is 1.19 bits per heavy atom. The number of ether oxygens (including phenoxy) is 1. The highest BCUT2D eigenvalue weighted by atomic mass is 19.1. The molecule has 3 aromatic rings. The molecule has 2 unspecified atom stereocenters. The summed E-state index contributed by atoms with van der Waals surface area (Å²) in [5.41, 5.74) is 2.19. The number of hydrogen-bond acceptors (Lipinski definition) is 5. The Bertz CT molecular complexity index is 1010. The minimum Gasteiger partial charge on any atom is -0.477 e. The molecule has 2 atom stereocenters. The molecule has 0 fully saturated rings. The lowest BCUT2D eigenvalue weighted by atomic mass is 9.92. The van der Waals surface area contributed by atoms with Gasteiger partial charge in [0.25, 0.3) is 5.91 Å². The maximum atomic E-state index is 13.6. The highest BCUT2D eigenvalue weighted by molar-refractivity contribution is 5.98. The number of nitrogens with zero attached hydrogens (tertiary/aromatic N) is 5. The van der Waals surface area contributed by atoms with Crippen LogP contribution >= 0.6 is 0 Å². The molecule has 0 N–H and O–H groups in total. The lowest BCUT2D eigenvalue weighted by Crippen LogP contribution is -2.44. The summed E-state index contributed by atoms with van der Waals surface area (Å²) < 4.78 is 19.0. The van der Waals surface area contributed by atoms with Gasteiger partial charge in [0.1, 0.15) is 5.82 Å². The molecule has 1 aromatic carbocycles. The standard InChI is InChI=1S/C24H30FN5O2/c1-5-7-18(16-32-23-11-9-19(25)15-26-23)21(6-2)29(4)24(31)20-14-17(3)8-10-22(20)30-27-12-13-28-30/h8-15,18,21H,5-7,16H2,1-4H3. The molecular formula is C24H30FN5O2.